The molecule has 2 heteroatoms. The van der Waals surface area contributed by atoms with Gasteiger partial charge < -0.3 is 9.47 Å². The SMILES string of the molecule is C=C/C=C1/OCC(C)O/C1=C/C.CC.CC. The molecule has 0 aromatic heterocycles. The minimum atomic E-state index is 0.137. The lowest BCUT2D eigenvalue weighted by Crippen LogP contribution is -2.22. The molecule has 0 bridgehead atoms. The van der Waals surface area contributed by atoms with Crippen molar-refractivity contribution in [3.8, 4) is 0 Å². The van der Waals surface area contributed by atoms with E-state index in [1.165, 1.54) is 0 Å². The van der Waals surface area contributed by atoms with Crippen molar-refractivity contribution in [2.75, 3.05) is 6.61 Å². The van der Waals surface area contributed by atoms with Gasteiger partial charge in [0.05, 0.1) is 0 Å². The van der Waals surface area contributed by atoms with Gasteiger partial charge in [0.15, 0.2) is 11.5 Å². The molecule has 2 nitrogen and oxygen atoms in total. The normalized spacial score (nSPS) is 23.0. The fourth-order valence-corrected chi connectivity index (χ4v) is 1.03. The van der Waals surface area contributed by atoms with Crippen LogP contribution in [0.3, 0.4) is 0 Å². The molecule has 0 aromatic rings. The summed E-state index contributed by atoms with van der Waals surface area (Å²) in [6.45, 7) is 16.1. The number of ether oxygens (including phenoxy) is 2. The van der Waals surface area contributed by atoms with Crippen LogP contribution in [0, 0.1) is 0 Å². The Labute approximate surface area is 101 Å². The van der Waals surface area contributed by atoms with E-state index in [0.717, 1.165) is 11.5 Å². The second-order valence-electron chi connectivity index (χ2n) is 2.66. The lowest BCUT2D eigenvalue weighted by atomic mass is 10.3. The lowest BCUT2D eigenvalue weighted by molar-refractivity contribution is 0.00323. The molecule has 1 unspecified atom stereocenters. The van der Waals surface area contributed by atoms with E-state index in [0.29, 0.717) is 6.61 Å². The van der Waals surface area contributed by atoms with Crippen LogP contribution in [0.15, 0.2) is 36.3 Å². The minimum absolute atomic E-state index is 0.137. The highest BCUT2D eigenvalue weighted by molar-refractivity contribution is 5.24. The third-order valence-electron chi connectivity index (χ3n) is 1.58. The Morgan fingerprint density at radius 3 is 2.19 bits per heavy atom. The predicted molar refractivity (Wildman–Crippen MR) is 71.2 cm³/mol. The van der Waals surface area contributed by atoms with Crippen molar-refractivity contribution in [1.29, 1.82) is 0 Å². The second kappa shape index (κ2) is 11.9. The summed E-state index contributed by atoms with van der Waals surface area (Å²) < 4.78 is 11.0. The van der Waals surface area contributed by atoms with Crippen molar-refractivity contribution in [3.05, 3.63) is 36.3 Å². The predicted octanol–water partition coefficient (Wildman–Crippen LogP) is 4.45. The molecule has 1 heterocycles. The molecule has 1 atom stereocenters. The molecular formula is C14H26O2. The monoisotopic (exact) mass is 226 g/mol. The summed E-state index contributed by atoms with van der Waals surface area (Å²) >= 11 is 0. The first-order valence-electron chi connectivity index (χ1n) is 6.06. The Hall–Kier alpha value is -1.18. The first kappa shape index (κ1) is 17.2. The Morgan fingerprint density at radius 1 is 1.19 bits per heavy atom. The Balaban J connectivity index is 0. The average molecular weight is 226 g/mol. The van der Waals surface area contributed by atoms with Crippen LogP contribution >= 0.6 is 0 Å². The molecule has 0 amide bonds. The summed E-state index contributed by atoms with van der Waals surface area (Å²) in [5.74, 6) is 1.57. The molecule has 0 N–H and O–H groups in total. The topological polar surface area (TPSA) is 18.5 Å². The van der Waals surface area contributed by atoms with Crippen LogP contribution < -0.4 is 0 Å². The first-order valence-corrected chi connectivity index (χ1v) is 6.06. The van der Waals surface area contributed by atoms with Crippen LogP contribution in [0.2, 0.25) is 0 Å². The number of rotatable bonds is 1. The molecule has 1 rings (SSSR count). The van der Waals surface area contributed by atoms with Gasteiger partial charge >= 0.3 is 0 Å². The molecule has 0 saturated carbocycles. The van der Waals surface area contributed by atoms with Gasteiger partial charge in [-0.15, -0.1) is 0 Å². The maximum atomic E-state index is 5.52. The third kappa shape index (κ3) is 6.33. The van der Waals surface area contributed by atoms with Crippen molar-refractivity contribution in [3.63, 3.8) is 0 Å². The van der Waals surface area contributed by atoms with E-state index in [9.17, 15) is 0 Å². The summed E-state index contributed by atoms with van der Waals surface area (Å²) in [6.07, 6.45) is 5.53. The van der Waals surface area contributed by atoms with E-state index in [4.69, 9.17) is 9.47 Å². The first-order chi connectivity index (χ1) is 7.77. The largest absolute Gasteiger partial charge is 0.486 e. The molecule has 94 valence electrons. The molecule has 0 aliphatic carbocycles. The van der Waals surface area contributed by atoms with Crippen LogP contribution in [0.25, 0.3) is 0 Å². The van der Waals surface area contributed by atoms with Gasteiger partial charge in [-0.2, -0.15) is 0 Å². The van der Waals surface area contributed by atoms with E-state index in [2.05, 4.69) is 6.58 Å². The summed E-state index contributed by atoms with van der Waals surface area (Å²) in [5.41, 5.74) is 0. The molecule has 0 aromatic carbocycles. The highest BCUT2D eigenvalue weighted by Gasteiger charge is 2.17. The van der Waals surface area contributed by atoms with Crippen LogP contribution in [0.4, 0.5) is 0 Å². The molecule has 0 radical (unpaired) electrons. The molecule has 0 spiro atoms. The standard InChI is InChI=1S/C10H14O2.2C2H6/c1-4-6-10-9(5-2)12-8(3)7-11-10;2*1-2/h4-6,8H,1,7H2,2-3H3;2*1-2H3/b9-5+,10-6+;;. The number of hydrogen-bond donors (Lipinski definition) is 0. The van der Waals surface area contributed by atoms with Crippen molar-refractivity contribution in [2.45, 2.75) is 47.6 Å². The highest BCUT2D eigenvalue weighted by Crippen LogP contribution is 2.21. The van der Waals surface area contributed by atoms with Gasteiger partial charge in [-0.3, -0.25) is 0 Å². The zero-order valence-electron chi connectivity index (χ0n) is 11.5. The zero-order chi connectivity index (χ0) is 13.0. The Morgan fingerprint density at radius 2 is 1.75 bits per heavy atom. The summed E-state index contributed by atoms with van der Waals surface area (Å²) in [4.78, 5) is 0. The number of allylic oxidation sites excluding steroid dienone is 3. The van der Waals surface area contributed by atoms with Gasteiger partial charge in [-0.25, -0.2) is 0 Å². The van der Waals surface area contributed by atoms with Gasteiger partial charge in [-0.1, -0.05) is 40.3 Å². The Bertz CT molecular complexity index is 227. The van der Waals surface area contributed by atoms with E-state index < -0.39 is 0 Å². The number of hydrogen-bond acceptors (Lipinski definition) is 2. The summed E-state index contributed by atoms with van der Waals surface area (Å²) in [5, 5.41) is 0. The van der Waals surface area contributed by atoms with Crippen LogP contribution in [-0.2, 0) is 9.47 Å². The Kier molecular flexibility index (Phi) is 12.8. The van der Waals surface area contributed by atoms with Crippen LogP contribution in [-0.4, -0.2) is 12.7 Å². The molecular weight excluding hydrogens is 200 g/mol. The smallest absolute Gasteiger partial charge is 0.161 e. The third-order valence-corrected chi connectivity index (χ3v) is 1.58. The van der Waals surface area contributed by atoms with Crippen molar-refractivity contribution < 1.29 is 9.47 Å². The summed E-state index contributed by atoms with van der Waals surface area (Å²) in [7, 11) is 0. The molecule has 1 aliphatic rings. The maximum Gasteiger partial charge on any atom is 0.161 e. The summed E-state index contributed by atoms with van der Waals surface area (Å²) in [6, 6.07) is 0. The van der Waals surface area contributed by atoms with E-state index in [1.54, 1.807) is 12.2 Å². The lowest BCUT2D eigenvalue weighted by Gasteiger charge is -2.25. The average Bonchev–Trinajstić information content (AvgIpc) is 2.36. The van der Waals surface area contributed by atoms with Gasteiger partial charge in [0.1, 0.15) is 12.7 Å². The van der Waals surface area contributed by atoms with Crippen molar-refractivity contribution in [1.82, 2.24) is 0 Å². The van der Waals surface area contributed by atoms with Gasteiger partial charge in [0, 0.05) is 0 Å². The highest BCUT2D eigenvalue weighted by atomic mass is 16.6. The molecule has 1 aliphatic heterocycles. The fourth-order valence-electron chi connectivity index (χ4n) is 1.03. The quantitative estimate of drug-likeness (QED) is 0.657. The fraction of sp³-hybridized carbons (Fsp3) is 0.571. The van der Waals surface area contributed by atoms with Gasteiger partial charge in [0.25, 0.3) is 0 Å². The van der Waals surface area contributed by atoms with Gasteiger partial charge in [0.2, 0.25) is 0 Å². The molecule has 16 heavy (non-hydrogen) atoms. The van der Waals surface area contributed by atoms with Crippen LogP contribution in [0.1, 0.15) is 41.5 Å². The maximum absolute atomic E-state index is 5.52. The van der Waals surface area contributed by atoms with Crippen molar-refractivity contribution >= 4 is 0 Å². The van der Waals surface area contributed by atoms with Crippen molar-refractivity contribution in [2.24, 2.45) is 0 Å². The van der Waals surface area contributed by atoms with E-state index in [-0.39, 0.29) is 6.10 Å². The zero-order valence-corrected chi connectivity index (χ0v) is 11.5. The van der Waals surface area contributed by atoms with E-state index >= 15 is 0 Å². The minimum Gasteiger partial charge on any atom is -0.486 e. The van der Waals surface area contributed by atoms with Gasteiger partial charge in [-0.05, 0) is 26.0 Å². The van der Waals surface area contributed by atoms with Crippen LogP contribution in [0.5, 0.6) is 0 Å². The molecule has 1 fully saturated rings. The second-order valence-corrected chi connectivity index (χ2v) is 2.66. The van der Waals surface area contributed by atoms with E-state index in [1.807, 2.05) is 47.6 Å². The molecule has 1 saturated heterocycles.